The van der Waals surface area contributed by atoms with E-state index in [2.05, 4.69) is 15.3 Å². The molecule has 0 spiro atoms. The number of hydrogen-bond donors (Lipinski definition) is 1. The summed E-state index contributed by atoms with van der Waals surface area (Å²) in [6.45, 7) is 6.50. The van der Waals surface area contributed by atoms with E-state index in [-0.39, 0.29) is 34.2 Å². The molecule has 2 aromatic carbocycles. The number of benzene rings is 2. The fourth-order valence-electron chi connectivity index (χ4n) is 5.55. The monoisotopic (exact) mass is 858 g/mol. The van der Waals surface area contributed by atoms with Crippen LogP contribution >= 0.6 is 34.8 Å². The molecule has 2 aromatic heterocycles. The Labute approximate surface area is 338 Å². The van der Waals surface area contributed by atoms with Crippen LogP contribution < -0.4 is 15.1 Å². The molecule has 0 aliphatic carbocycles. The van der Waals surface area contributed by atoms with Crippen molar-refractivity contribution in [2.24, 2.45) is 0 Å². The number of hydrogen-bond acceptors (Lipinski definition) is 6. The average molecular weight is 860 g/mol. The van der Waals surface area contributed by atoms with Gasteiger partial charge in [-0.25, -0.2) is 29.4 Å². The minimum Gasteiger partial charge on any atom is -0.323 e. The lowest BCUT2D eigenvalue weighted by atomic mass is 10.0. The second-order valence-corrected chi connectivity index (χ2v) is 14.8. The van der Waals surface area contributed by atoms with E-state index in [1.54, 1.807) is 52.1 Å². The number of pyridine rings is 2. The van der Waals surface area contributed by atoms with Gasteiger partial charge in [-0.3, -0.25) is 9.59 Å². The molecule has 19 heteroatoms. The Morgan fingerprint density at radius 1 is 0.632 bits per heavy atom. The van der Waals surface area contributed by atoms with E-state index < -0.39 is 60.1 Å². The van der Waals surface area contributed by atoms with Crippen LogP contribution in [0.15, 0.2) is 85.2 Å². The summed E-state index contributed by atoms with van der Waals surface area (Å²) in [5.41, 5.74) is 0.172. The molecule has 4 aromatic rings. The summed E-state index contributed by atoms with van der Waals surface area (Å²) in [6, 6.07) is 16.1. The maximum atomic E-state index is 12.9. The molecule has 2 aliphatic rings. The molecule has 6 amide bonds. The second-order valence-electron chi connectivity index (χ2n) is 13.8. The lowest BCUT2D eigenvalue weighted by molar-refractivity contribution is -0.128. The van der Waals surface area contributed by atoms with Gasteiger partial charge >= 0.3 is 24.4 Å². The Balaban J connectivity index is 0.000000215. The van der Waals surface area contributed by atoms with Gasteiger partial charge in [-0.1, -0.05) is 47.5 Å². The van der Waals surface area contributed by atoms with Crippen LogP contribution in [0, 0.1) is 0 Å². The number of imide groups is 2. The predicted octanol–water partition coefficient (Wildman–Crippen LogP) is 9.69. The van der Waals surface area contributed by atoms with E-state index in [1.807, 2.05) is 6.07 Å². The van der Waals surface area contributed by atoms with Gasteiger partial charge in [0.25, 0.3) is 11.8 Å². The minimum absolute atomic E-state index is 0.0536. The van der Waals surface area contributed by atoms with E-state index in [0.717, 1.165) is 15.4 Å². The highest BCUT2D eigenvalue weighted by atomic mass is 35.5. The van der Waals surface area contributed by atoms with Crippen LogP contribution in [0.2, 0.25) is 10.3 Å². The van der Waals surface area contributed by atoms with Gasteiger partial charge in [0.05, 0.1) is 24.2 Å². The highest BCUT2D eigenvalue weighted by molar-refractivity contribution is 6.30. The van der Waals surface area contributed by atoms with E-state index >= 15 is 0 Å². The Hall–Kier alpha value is -4.93. The van der Waals surface area contributed by atoms with Crippen LogP contribution in [-0.2, 0) is 34.9 Å². The third kappa shape index (κ3) is 11.8. The fraction of sp³-hybridized carbons (Fsp3) is 0.316. The SMILES string of the molecule is CC1(C)C(=O)N(c2ccc(CC(F)(F)F)cc2)C(=O)N1Cc1ccnc(Cl)c1.CC1(C)NC(=O)N(c2ccc(CC(F)(F)F)cc2)C1=O.ClCc1ccnc(Cl)c1. The van der Waals surface area contributed by atoms with Gasteiger partial charge in [0.15, 0.2) is 0 Å². The minimum atomic E-state index is -4.33. The standard InChI is InChI=1S/C19H17ClF3N3O2.C13H13F3N2O2.C6H5Cl2N/c1-18(2)16(27)26(14-5-3-12(4-6-14)10-19(21,22)23)17(28)25(18)11-13-7-8-24-15(20)9-13;1-12(2)10(19)18(11(20)17-12)9-5-3-8(4-6-9)7-13(14,15)16;7-4-5-1-2-9-6(8)3-5/h3-9H,10-11H2,1-2H3;3-6H,7H2,1-2H3,(H,17,20);1-3H,4H2. The Kier molecular flexibility index (Phi) is 13.9. The third-order valence-electron chi connectivity index (χ3n) is 8.46. The van der Waals surface area contributed by atoms with E-state index in [0.29, 0.717) is 16.6 Å². The molecule has 0 saturated carbocycles. The Bertz CT molecular complexity index is 2100. The molecule has 0 atom stereocenters. The predicted molar refractivity (Wildman–Crippen MR) is 203 cm³/mol. The third-order valence-corrected chi connectivity index (χ3v) is 9.18. The molecule has 2 saturated heterocycles. The highest BCUT2D eigenvalue weighted by Crippen LogP contribution is 2.34. The molecular formula is C38H35Cl3F6N6O4. The number of carbonyl (C=O) groups excluding carboxylic acids is 4. The van der Waals surface area contributed by atoms with Crippen molar-refractivity contribution in [3.63, 3.8) is 0 Å². The van der Waals surface area contributed by atoms with Crippen LogP contribution in [0.25, 0.3) is 0 Å². The first-order valence-electron chi connectivity index (χ1n) is 16.8. The molecule has 2 aliphatic heterocycles. The van der Waals surface area contributed by atoms with Crippen molar-refractivity contribution in [3.05, 3.63) is 118 Å². The first-order chi connectivity index (χ1) is 26.4. The van der Waals surface area contributed by atoms with Gasteiger partial charge in [-0.05, 0) is 98.5 Å². The first kappa shape index (κ1) is 44.8. The van der Waals surface area contributed by atoms with Crippen molar-refractivity contribution in [1.82, 2.24) is 20.2 Å². The largest absolute Gasteiger partial charge is 0.393 e. The quantitative estimate of drug-likeness (QED) is 0.0857. The molecule has 0 radical (unpaired) electrons. The number of rotatable bonds is 7. The number of amides is 6. The van der Waals surface area contributed by atoms with Gasteiger partial charge in [0.1, 0.15) is 21.4 Å². The molecule has 1 N–H and O–H groups in total. The van der Waals surface area contributed by atoms with Crippen LogP contribution in [-0.4, -0.2) is 62.2 Å². The summed E-state index contributed by atoms with van der Waals surface area (Å²) in [7, 11) is 0. The summed E-state index contributed by atoms with van der Waals surface area (Å²) < 4.78 is 74.3. The van der Waals surface area contributed by atoms with Crippen molar-refractivity contribution < 1.29 is 45.5 Å². The summed E-state index contributed by atoms with van der Waals surface area (Å²) in [4.78, 5) is 60.5. The number of aromatic nitrogens is 2. The first-order valence-corrected chi connectivity index (χ1v) is 18.1. The van der Waals surface area contributed by atoms with Crippen molar-refractivity contribution in [1.29, 1.82) is 0 Å². The number of anilines is 2. The number of alkyl halides is 7. The topological polar surface area (TPSA) is 116 Å². The molecular weight excluding hydrogens is 825 g/mol. The summed E-state index contributed by atoms with van der Waals surface area (Å²) in [5.74, 6) is -0.408. The Morgan fingerprint density at radius 3 is 1.46 bits per heavy atom. The Morgan fingerprint density at radius 2 is 1.07 bits per heavy atom. The lowest BCUT2D eigenvalue weighted by Gasteiger charge is -2.27. The number of halogens is 9. The van der Waals surface area contributed by atoms with Crippen molar-refractivity contribution >= 4 is 70.1 Å². The zero-order valence-corrected chi connectivity index (χ0v) is 32.9. The summed E-state index contributed by atoms with van der Waals surface area (Å²) >= 11 is 16.9. The second kappa shape index (κ2) is 17.7. The van der Waals surface area contributed by atoms with Gasteiger partial charge in [0, 0.05) is 24.8 Å². The van der Waals surface area contributed by atoms with Gasteiger partial charge in [-0.15, -0.1) is 11.6 Å². The summed E-state index contributed by atoms with van der Waals surface area (Å²) in [5, 5.41) is 3.26. The molecule has 57 heavy (non-hydrogen) atoms. The number of nitrogens with one attached hydrogen (secondary N) is 1. The maximum Gasteiger partial charge on any atom is 0.393 e. The smallest absolute Gasteiger partial charge is 0.323 e. The summed E-state index contributed by atoms with van der Waals surface area (Å²) in [6.07, 6.45) is -7.59. The van der Waals surface area contributed by atoms with Crippen molar-refractivity contribution in [2.45, 2.75) is 76.4 Å². The lowest BCUT2D eigenvalue weighted by Crippen LogP contribution is -2.43. The molecule has 6 rings (SSSR count). The molecule has 10 nitrogen and oxygen atoms in total. The van der Waals surface area contributed by atoms with E-state index in [1.165, 1.54) is 59.6 Å². The van der Waals surface area contributed by atoms with Crippen LogP contribution in [0.1, 0.15) is 49.9 Å². The zero-order chi connectivity index (χ0) is 42.5. The molecule has 4 heterocycles. The zero-order valence-electron chi connectivity index (χ0n) is 30.7. The maximum absolute atomic E-state index is 12.9. The van der Waals surface area contributed by atoms with Crippen LogP contribution in [0.5, 0.6) is 0 Å². The number of nitrogens with zero attached hydrogens (tertiary/aromatic N) is 5. The van der Waals surface area contributed by atoms with Crippen LogP contribution in [0.3, 0.4) is 0 Å². The molecule has 2 fully saturated rings. The van der Waals surface area contributed by atoms with E-state index in [9.17, 15) is 45.5 Å². The van der Waals surface area contributed by atoms with Crippen molar-refractivity contribution in [2.75, 3.05) is 9.80 Å². The number of urea groups is 2. The molecule has 0 unspecified atom stereocenters. The number of carbonyl (C=O) groups is 4. The van der Waals surface area contributed by atoms with Gasteiger partial charge in [0.2, 0.25) is 0 Å². The van der Waals surface area contributed by atoms with E-state index in [4.69, 9.17) is 34.8 Å². The van der Waals surface area contributed by atoms with Crippen LogP contribution in [0.4, 0.5) is 47.3 Å². The van der Waals surface area contributed by atoms with Gasteiger partial charge in [-0.2, -0.15) is 26.3 Å². The highest BCUT2D eigenvalue weighted by Gasteiger charge is 2.52. The average Bonchev–Trinajstić information content (AvgIpc) is 3.41. The van der Waals surface area contributed by atoms with Crippen molar-refractivity contribution in [3.8, 4) is 0 Å². The fourth-order valence-corrected chi connectivity index (χ4v) is 6.11. The molecule has 304 valence electrons. The normalized spacial score (nSPS) is 16.2. The molecule has 0 bridgehead atoms. The van der Waals surface area contributed by atoms with Gasteiger partial charge < -0.3 is 10.2 Å².